The fourth-order valence-corrected chi connectivity index (χ4v) is 7.67. The quantitative estimate of drug-likeness (QED) is 0.213. The predicted molar refractivity (Wildman–Crippen MR) is 119 cm³/mol. The summed E-state index contributed by atoms with van der Waals surface area (Å²) in [6, 6.07) is 32.3. The van der Waals surface area contributed by atoms with Crippen molar-refractivity contribution in [3.63, 3.8) is 0 Å². The Hall–Kier alpha value is -1.87. The fraction of sp³-hybridized carbons (Fsp3) is 0.250. The smallest absolute Gasteiger partial charge is 0.288 e. The Balaban J connectivity index is 1.98. The molecule has 0 heterocycles. The molecule has 0 aliphatic carbocycles. The van der Waals surface area contributed by atoms with Crippen LogP contribution in [0, 0.1) is 0 Å². The van der Waals surface area contributed by atoms with Gasteiger partial charge in [0.05, 0.1) is 0 Å². The first kappa shape index (κ1) is 19.9. The van der Waals surface area contributed by atoms with E-state index >= 15 is 0 Å². The van der Waals surface area contributed by atoms with Crippen LogP contribution in [0.15, 0.2) is 91.0 Å². The summed E-state index contributed by atoms with van der Waals surface area (Å²) in [6.45, 7) is 0.771. The summed E-state index contributed by atoms with van der Waals surface area (Å²) in [4.78, 5) is 0. The minimum absolute atomic E-state index is 0.748. The van der Waals surface area contributed by atoms with Gasteiger partial charge in [0.15, 0.2) is 0 Å². The molecule has 0 aliphatic rings. The molecule has 0 atom stereocenters. The third-order valence-electron chi connectivity index (χ3n) is 4.89. The van der Waals surface area contributed by atoms with Gasteiger partial charge in [0.25, 0.3) is 8.32 Å². The highest BCUT2D eigenvalue weighted by molar-refractivity contribution is 7.07. The zero-order valence-corrected chi connectivity index (χ0v) is 17.4. The molecule has 3 aromatic carbocycles. The van der Waals surface area contributed by atoms with Crippen molar-refractivity contribution in [2.45, 2.75) is 25.7 Å². The first-order valence-electron chi connectivity index (χ1n) is 9.74. The maximum absolute atomic E-state index is 6.87. The highest BCUT2D eigenvalue weighted by atomic mass is 35.5. The van der Waals surface area contributed by atoms with E-state index in [4.69, 9.17) is 16.0 Å². The van der Waals surface area contributed by atoms with Crippen LogP contribution in [0.1, 0.15) is 25.7 Å². The minimum Gasteiger partial charge on any atom is -0.404 e. The molecule has 3 heteroatoms. The second kappa shape index (κ2) is 10.5. The molecule has 27 heavy (non-hydrogen) atoms. The maximum Gasteiger partial charge on any atom is 0.288 e. The van der Waals surface area contributed by atoms with Crippen molar-refractivity contribution >= 4 is 35.5 Å². The van der Waals surface area contributed by atoms with Gasteiger partial charge in [-0.1, -0.05) is 104 Å². The first-order valence-corrected chi connectivity index (χ1v) is 12.2. The topological polar surface area (TPSA) is 9.23 Å². The number of alkyl halides is 1. The lowest BCUT2D eigenvalue weighted by atomic mass is 10.2. The van der Waals surface area contributed by atoms with Crippen LogP contribution in [0.2, 0.25) is 0 Å². The fourth-order valence-electron chi connectivity index (χ4n) is 3.54. The Morgan fingerprint density at radius 3 is 1.37 bits per heavy atom. The third-order valence-corrected chi connectivity index (χ3v) is 9.23. The zero-order valence-electron chi connectivity index (χ0n) is 15.7. The van der Waals surface area contributed by atoms with E-state index < -0.39 is 8.32 Å². The molecule has 0 aromatic heterocycles. The Morgan fingerprint density at radius 2 is 0.963 bits per heavy atom. The van der Waals surface area contributed by atoms with Gasteiger partial charge >= 0.3 is 0 Å². The number of halogens is 1. The van der Waals surface area contributed by atoms with E-state index in [0.717, 1.165) is 31.7 Å². The number of rotatable bonds is 10. The van der Waals surface area contributed by atoms with Gasteiger partial charge in [0.2, 0.25) is 0 Å². The number of hydrogen-bond donors (Lipinski definition) is 0. The number of hydrogen-bond acceptors (Lipinski definition) is 1. The first-order chi connectivity index (χ1) is 13.4. The van der Waals surface area contributed by atoms with Crippen LogP contribution in [0.25, 0.3) is 0 Å². The maximum atomic E-state index is 6.87. The average molecular weight is 395 g/mol. The molecule has 0 saturated carbocycles. The lowest BCUT2D eigenvalue weighted by Gasteiger charge is -2.33. The summed E-state index contributed by atoms with van der Waals surface area (Å²) in [5, 5.41) is 3.88. The van der Waals surface area contributed by atoms with E-state index in [-0.39, 0.29) is 0 Å². The molecule has 0 unspecified atom stereocenters. The highest BCUT2D eigenvalue weighted by Crippen LogP contribution is 2.11. The second-order valence-corrected chi connectivity index (χ2v) is 10.5. The van der Waals surface area contributed by atoms with Crippen LogP contribution >= 0.6 is 11.6 Å². The van der Waals surface area contributed by atoms with Crippen LogP contribution in [-0.2, 0) is 4.43 Å². The van der Waals surface area contributed by atoms with Gasteiger partial charge in [-0.3, -0.25) is 0 Å². The van der Waals surface area contributed by atoms with Crippen LogP contribution < -0.4 is 15.6 Å². The molecular formula is C24H27ClOSi. The molecule has 0 spiro atoms. The standard InChI is InChI=1S/C24H27ClOSi/c25-20-12-1-2-13-21-26-27(22-14-6-3-7-15-22,23-16-8-4-9-17-23)24-18-10-5-11-19-24/h3-11,14-19H,1-2,12-13,20-21H2. The molecule has 0 radical (unpaired) electrons. The summed E-state index contributed by atoms with van der Waals surface area (Å²) < 4.78 is 6.87. The third kappa shape index (κ3) is 4.89. The van der Waals surface area contributed by atoms with E-state index in [9.17, 15) is 0 Å². The van der Waals surface area contributed by atoms with Gasteiger partial charge in [-0.15, -0.1) is 11.6 Å². The van der Waals surface area contributed by atoms with Gasteiger partial charge in [-0.05, 0) is 28.4 Å². The second-order valence-electron chi connectivity index (χ2n) is 6.73. The molecule has 0 aliphatic heterocycles. The van der Waals surface area contributed by atoms with Crippen molar-refractivity contribution in [2.24, 2.45) is 0 Å². The van der Waals surface area contributed by atoms with Crippen molar-refractivity contribution in [3.05, 3.63) is 91.0 Å². The minimum atomic E-state index is -2.52. The Bertz CT molecular complexity index is 681. The van der Waals surface area contributed by atoms with E-state index in [1.54, 1.807) is 0 Å². The molecule has 0 bridgehead atoms. The van der Waals surface area contributed by atoms with Crippen LogP contribution in [0.3, 0.4) is 0 Å². The lowest BCUT2D eigenvalue weighted by molar-refractivity contribution is 0.310. The van der Waals surface area contributed by atoms with E-state index in [1.165, 1.54) is 22.0 Å². The summed E-state index contributed by atoms with van der Waals surface area (Å²) in [6.07, 6.45) is 4.48. The van der Waals surface area contributed by atoms with Gasteiger partial charge in [0, 0.05) is 12.5 Å². The Labute approximate surface area is 169 Å². The zero-order chi connectivity index (χ0) is 18.8. The summed E-state index contributed by atoms with van der Waals surface area (Å²) >= 11 is 5.80. The molecular weight excluding hydrogens is 368 g/mol. The Kier molecular flexibility index (Phi) is 7.70. The summed E-state index contributed by atoms with van der Waals surface area (Å²) in [5.41, 5.74) is 0. The summed E-state index contributed by atoms with van der Waals surface area (Å²) in [5.74, 6) is 0.748. The van der Waals surface area contributed by atoms with Gasteiger partial charge in [-0.25, -0.2) is 0 Å². The van der Waals surface area contributed by atoms with Crippen molar-refractivity contribution in [1.82, 2.24) is 0 Å². The van der Waals surface area contributed by atoms with Crippen LogP contribution in [-0.4, -0.2) is 20.8 Å². The van der Waals surface area contributed by atoms with Crippen LogP contribution in [0.5, 0.6) is 0 Å². The van der Waals surface area contributed by atoms with E-state index in [0.29, 0.717) is 0 Å². The monoisotopic (exact) mass is 394 g/mol. The molecule has 140 valence electrons. The predicted octanol–water partition coefficient (Wildman–Crippen LogP) is 4.47. The number of unbranched alkanes of at least 4 members (excludes halogenated alkanes) is 3. The number of benzene rings is 3. The highest BCUT2D eigenvalue weighted by Gasteiger charge is 2.41. The molecule has 3 rings (SSSR count). The van der Waals surface area contributed by atoms with E-state index in [2.05, 4.69) is 91.0 Å². The van der Waals surface area contributed by atoms with Gasteiger partial charge in [-0.2, -0.15) is 0 Å². The molecule has 1 nitrogen and oxygen atoms in total. The van der Waals surface area contributed by atoms with Crippen LogP contribution in [0.4, 0.5) is 0 Å². The summed E-state index contributed by atoms with van der Waals surface area (Å²) in [7, 11) is -2.52. The normalized spacial score (nSPS) is 11.4. The SMILES string of the molecule is ClCCCCCCO[Si](c1ccccc1)(c1ccccc1)c1ccccc1. The molecule has 0 saturated heterocycles. The van der Waals surface area contributed by atoms with Crippen molar-refractivity contribution in [3.8, 4) is 0 Å². The molecule has 0 N–H and O–H groups in total. The Morgan fingerprint density at radius 1 is 0.556 bits per heavy atom. The van der Waals surface area contributed by atoms with E-state index in [1.807, 2.05) is 0 Å². The van der Waals surface area contributed by atoms with Gasteiger partial charge in [0.1, 0.15) is 0 Å². The molecule has 0 amide bonds. The lowest BCUT2D eigenvalue weighted by Crippen LogP contribution is -2.69. The van der Waals surface area contributed by atoms with Crippen molar-refractivity contribution in [2.75, 3.05) is 12.5 Å². The average Bonchev–Trinajstić information content (AvgIpc) is 2.75. The van der Waals surface area contributed by atoms with Crippen molar-refractivity contribution in [1.29, 1.82) is 0 Å². The largest absolute Gasteiger partial charge is 0.404 e. The van der Waals surface area contributed by atoms with Crippen molar-refractivity contribution < 1.29 is 4.43 Å². The molecule has 3 aromatic rings. The molecule has 0 fully saturated rings. The van der Waals surface area contributed by atoms with Gasteiger partial charge < -0.3 is 4.43 Å².